The number of halogens is 2. The molecule has 1 aromatic rings. The van der Waals surface area contributed by atoms with Gasteiger partial charge in [0.25, 0.3) is 5.91 Å². The summed E-state index contributed by atoms with van der Waals surface area (Å²) in [4.78, 5) is 11.7. The van der Waals surface area contributed by atoms with Crippen molar-refractivity contribution in [2.45, 2.75) is 18.9 Å². The number of ether oxygens (including phenoxy) is 2. The van der Waals surface area contributed by atoms with E-state index >= 15 is 0 Å². The summed E-state index contributed by atoms with van der Waals surface area (Å²) in [7, 11) is 0. The van der Waals surface area contributed by atoms with Crippen LogP contribution in [0.15, 0.2) is 22.7 Å². The van der Waals surface area contributed by atoms with Crippen LogP contribution in [0, 0.1) is 0 Å². The maximum absolute atomic E-state index is 11.7. The molecule has 1 amide bonds. The Morgan fingerprint density at radius 2 is 2.30 bits per heavy atom. The number of carbonyl (C=O) groups is 1. The zero-order chi connectivity index (χ0) is 16.7. The SMILES string of the molecule is O=C(COc1ccc(Cl)cc1Br)NNC(=S)NCC1CCCO1. The van der Waals surface area contributed by atoms with Gasteiger partial charge in [-0.1, -0.05) is 11.6 Å². The molecule has 0 spiro atoms. The number of rotatable bonds is 5. The molecule has 126 valence electrons. The van der Waals surface area contributed by atoms with E-state index in [1.54, 1.807) is 18.2 Å². The van der Waals surface area contributed by atoms with Crippen molar-refractivity contribution in [3.63, 3.8) is 0 Å². The monoisotopic (exact) mass is 421 g/mol. The van der Waals surface area contributed by atoms with E-state index in [0.29, 0.717) is 26.9 Å². The molecular weight excluding hydrogens is 406 g/mol. The van der Waals surface area contributed by atoms with Crippen molar-refractivity contribution in [1.82, 2.24) is 16.2 Å². The predicted molar refractivity (Wildman–Crippen MR) is 95.5 cm³/mol. The summed E-state index contributed by atoms with van der Waals surface area (Å²) in [6.45, 7) is 1.26. The first kappa shape index (κ1) is 18.3. The number of hydrazine groups is 1. The number of thiocarbonyl (C=S) groups is 1. The summed E-state index contributed by atoms with van der Waals surface area (Å²) in [5.74, 6) is 0.178. The average molecular weight is 423 g/mol. The van der Waals surface area contributed by atoms with Crippen molar-refractivity contribution in [3.8, 4) is 5.75 Å². The van der Waals surface area contributed by atoms with Gasteiger partial charge in [-0.2, -0.15) is 0 Å². The summed E-state index contributed by atoms with van der Waals surface area (Å²) in [6, 6.07) is 5.06. The first-order chi connectivity index (χ1) is 11.0. The lowest BCUT2D eigenvalue weighted by molar-refractivity contribution is -0.123. The molecule has 0 radical (unpaired) electrons. The highest BCUT2D eigenvalue weighted by Crippen LogP contribution is 2.27. The third-order valence-corrected chi connectivity index (χ3v) is 4.18. The molecule has 1 saturated heterocycles. The summed E-state index contributed by atoms with van der Waals surface area (Å²) in [5.41, 5.74) is 5.08. The van der Waals surface area contributed by atoms with Crippen molar-refractivity contribution in [1.29, 1.82) is 0 Å². The summed E-state index contributed by atoms with van der Waals surface area (Å²) in [5, 5.41) is 3.90. The van der Waals surface area contributed by atoms with Crippen LogP contribution < -0.4 is 20.9 Å². The van der Waals surface area contributed by atoms with E-state index in [1.807, 2.05) is 0 Å². The van der Waals surface area contributed by atoms with E-state index in [1.165, 1.54) is 0 Å². The van der Waals surface area contributed by atoms with Gasteiger partial charge in [0.2, 0.25) is 0 Å². The molecule has 0 saturated carbocycles. The average Bonchev–Trinajstić information content (AvgIpc) is 3.03. The zero-order valence-corrected chi connectivity index (χ0v) is 15.4. The number of nitrogens with one attached hydrogen (secondary N) is 3. The molecule has 3 N–H and O–H groups in total. The Morgan fingerprint density at radius 3 is 3.00 bits per heavy atom. The summed E-state index contributed by atoms with van der Waals surface area (Å²) in [6.07, 6.45) is 2.27. The Morgan fingerprint density at radius 1 is 1.48 bits per heavy atom. The highest BCUT2D eigenvalue weighted by Gasteiger charge is 2.15. The summed E-state index contributed by atoms with van der Waals surface area (Å²) < 4.78 is 11.5. The molecule has 1 aromatic carbocycles. The molecular formula is C14H17BrClN3O3S. The lowest BCUT2D eigenvalue weighted by Crippen LogP contribution is -2.49. The van der Waals surface area contributed by atoms with Gasteiger partial charge in [-0.25, -0.2) is 0 Å². The molecule has 1 aliphatic rings. The van der Waals surface area contributed by atoms with Crippen LogP contribution in [0.1, 0.15) is 12.8 Å². The highest BCUT2D eigenvalue weighted by atomic mass is 79.9. The first-order valence-corrected chi connectivity index (χ1v) is 8.64. The molecule has 1 unspecified atom stereocenters. The fourth-order valence-corrected chi connectivity index (χ4v) is 2.89. The van der Waals surface area contributed by atoms with E-state index in [-0.39, 0.29) is 18.6 Å². The van der Waals surface area contributed by atoms with E-state index in [2.05, 4.69) is 32.1 Å². The molecule has 23 heavy (non-hydrogen) atoms. The van der Waals surface area contributed by atoms with Gasteiger partial charge in [-0.05, 0) is 59.2 Å². The quantitative estimate of drug-likeness (QED) is 0.499. The van der Waals surface area contributed by atoms with Gasteiger partial charge in [-0.3, -0.25) is 15.6 Å². The third kappa shape index (κ3) is 6.50. The third-order valence-electron chi connectivity index (χ3n) is 3.08. The standard InChI is InChI=1S/C14H17BrClN3O3S/c15-11-6-9(16)3-4-12(11)22-8-13(20)18-19-14(23)17-7-10-2-1-5-21-10/h3-4,6,10H,1-2,5,7-8H2,(H,18,20)(H2,17,19,23). The maximum Gasteiger partial charge on any atom is 0.276 e. The molecule has 6 nitrogen and oxygen atoms in total. The van der Waals surface area contributed by atoms with Crippen LogP contribution in [0.5, 0.6) is 5.75 Å². The van der Waals surface area contributed by atoms with Crippen LogP contribution in [0.4, 0.5) is 0 Å². The largest absolute Gasteiger partial charge is 0.483 e. The van der Waals surface area contributed by atoms with Crippen molar-refractivity contribution in [2.75, 3.05) is 19.8 Å². The lowest BCUT2D eigenvalue weighted by Gasteiger charge is -2.14. The molecule has 1 fully saturated rings. The van der Waals surface area contributed by atoms with Gasteiger partial charge in [0.05, 0.1) is 10.6 Å². The second-order valence-corrected chi connectivity index (χ2v) is 6.58. The van der Waals surface area contributed by atoms with Crippen LogP contribution in [0.3, 0.4) is 0 Å². The Labute approximate surface area is 153 Å². The fraction of sp³-hybridized carbons (Fsp3) is 0.429. The van der Waals surface area contributed by atoms with Crippen LogP contribution in [0.25, 0.3) is 0 Å². The molecule has 9 heteroatoms. The van der Waals surface area contributed by atoms with Gasteiger partial charge < -0.3 is 14.8 Å². The van der Waals surface area contributed by atoms with Crippen molar-refractivity contribution < 1.29 is 14.3 Å². The topological polar surface area (TPSA) is 71.6 Å². The Hall–Kier alpha value is -1.09. The van der Waals surface area contributed by atoms with Gasteiger partial charge in [0.1, 0.15) is 5.75 Å². The minimum absolute atomic E-state index is 0.151. The van der Waals surface area contributed by atoms with Crippen molar-refractivity contribution >= 4 is 50.8 Å². The Kier molecular flexibility index (Phi) is 7.35. The molecule has 1 aliphatic heterocycles. The minimum atomic E-state index is -0.354. The number of carbonyl (C=O) groups excluding carboxylic acids is 1. The van der Waals surface area contributed by atoms with Gasteiger partial charge >= 0.3 is 0 Å². The van der Waals surface area contributed by atoms with Gasteiger partial charge in [0, 0.05) is 18.2 Å². The van der Waals surface area contributed by atoms with Crippen LogP contribution in [-0.2, 0) is 9.53 Å². The Bertz CT molecular complexity index is 570. The fourth-order valence-electron chi connectivity index (χ4n) is 1.95. The molecule has 1 atom stereocenters. The second-order valence-electron chi connectivity index (χ2n) is 4.88. The zero-order valence-electron chi connectivity index (χ0n) is 12.2. The maximum atomic E-state index is 11.7. The number of hydrogen-bond donors (Lipinski definition) is 3. The molecule has 0 aliphatic carbocycles. The normalized spacial score (nSPS) is 16.7. The number of benzene rings is 1. The molecule has 1 heterocycles. The lowest BCUT2D eigenvalue weighted by atomic mass is 10.2. The van der Waals surface area contributed by atoms with E-state index in [9.17, 15) is 4.79 Å². The van der Waals surface area contributed by atoms with Crippen LogP contribution >= 0.6 is 39.7 Å². The van der Waals surface area contributed by atoms with Gasteiger partial charge in [-0.15, -0.1) is 0 Å². The second kappa shape index (κ2) is 9.27. The number of hydrogen-bond acceptors (Lipinski definition) is 4. The molecule has 0 bridgehead atoms. The van der Waals surface area contributed by atoms with E-state index < -0.39 is 0 Å². The number of amides is 1. The summed E-state index contributed by atoms with van der Waals surface area (Å²) >= 11 is 14.2. The highest BCUT2D eigenvalue weighted by molar-refractivity contribution is 9.10. The van der Waals surface area contributed by atoms with Crippen molar-refractivity contribution in [3.05, 3.63) is 27.7 Å². The van der Waals surface area contributed by atoms with Crippen LogP contribution in [-0.4, -0.2) is 36.9 Å². The van der Waals surface area contributed by atoms with E-state index in [0.717, 1.165) is 19.4 Å². The molecule has 0 aromatic heterocycles. The van der Waals surface area contributed by atoms with Crippen molar-refractivity contribution in [2.24, 2.45) is 0 Å². The minimum Gasteiger partial charge on any atom is -0.483 e. The smallest absolute Gasteiger partial charge is 0.276 e. The van der Waals surface area contributed by atoms with Gasteiger partial charge in [0.15, 0.2) is 11.7 Å². The first-order valence-electron chi connectivity index (χ1n) is 7.07. The van der Waals surface area contributed by atoms with Crippen LogP contribution in [0.2, 0.25) is 5.02 Å². The van der Waals surface area contributed by atoms with E-state index in [4.69, 9.17) is 33.3 Å². The predicted octanol–water partition coefficient (Wildman–Crippen LogP) is 2.16. The Balaban J connectivity index is 1.63. The molecule has 2 rings (SSSR count).